The number of aromatic nitrogens is 1. The molecule has 138 valence electrons. The molecule has 25 heavy (non-hydrogen) atoms. The number of aliphatic imine (C=N–C) groups is 1. The zero-order valence-electron chi connectivity index (χ0n) is 15.7. The minimum atomic E-state index is 0. The summed E-state index contributed by atoms with van der Waals surface area (Å²) in [6, 6.07) is 8.64. The molecular formula is C19H29IN4O. The number of aryl methyl sites for hydroxylation is 2. The maximum absolute atomic E-state index is 5.33. The molecule has 0 saturated heterocycles. The Labute approximate surface area is 167 Å². The van der Waals surface area contributed by atoms with E-state index in [1.165, 1.54) is 16.7 Å². The number of hydrogen-bond acceptors (Lipinski definition) is 3. The van der Waals surface area contributed by atoms with Crippen molar-refractivity contribution in [2.75, 3.05) is 13.6 Å². The standard InChI is InChI=1S/C19H28N4O.HI/c1-13(2)18-11-17(24-23-18)12-22-19(20-5)21-7-6-16-9-14(3)8-15(4)10-16;/h8-11,13H,6-7,12H2,1-5H3,(H2,20,21,22);1H. The van der Waals surface area contributed by atoms with E-state index in [9.17, 15) is 0 Å². The Kier molecular flexibility index (Phi) is 8.96. The van der Waals surface area contributed by atoms with Crippen molar-refractivity contribution in [2.24, 2.45) is 4.99 Å². The van der Waals surface area contributed by atoms with Gasteiger partial charge in [0, 0.05) is 19.7 Å². The number of rotatable bonds is 6. The summed E-state index contributed by atoms with van der Waals surface area (Å²) >= 11 is 0. The summed E-state index contributed by atoms with van der Waals surface area (Å²) in [4.78, 5) is 4.24. The zero-order valence-corrected chi connectivity index (χ0v) is 18.0. The first-order valence-corrected chi connectivity index (χ1v) is 8.45. The molecule has 0 aliphatic carbocycles. The van der Waals surface area contributed by atoms with E-state index in [4.69, 9.17) is 4.52 Å². The van der Waals surface area contributed by atoms with E-state index in [0.717, 1.165) is 30.4 Å². The van der Waals surface area contributed by atoms with Crippen LogP contribution in [0.25, 0.3) is 0 Å². The van der Waals surface area contributed by atoms with Gasteiger partial charge in [0.05, 0.1) is 12.2 Å². The predicted octanol–water partition coefficient (Wildman–Crippen LogP) is 3.94. The average molecular weight is 456 g/mol. The molecule has 0 aliphatic heterocycles. The SMILES string of the molecule is CN=C(NCCc1cc(C)cc(C)c1)NCc1cc(C(C)C)no1.I. The van der Waals surface area contributed by atoms with Crippen LogP contribution in [0.2, 0.25) is 0 Å². The summed E-state index contributed by atoms with van der Waals surface area (Å²) < 4.78 is 5.33. The van der Waals surface area contributed by atoms with E-state index in [0.29, 0.717) is 12.5 Å². The maximum atomic E-state index is 5.33. The lowest BCUT2D eigenvalue weighted by atomic mass is 10.1. The Morgan fingerprint density at radius 2 is 1.80 bits per heavy atom. The number of guanidine groups is 1. The van der Waals surface area contributed by atoms with Crippen molar-refractivity contribution in [2.45, 2.75) is 46.6 Å². The van der Waals surface area contributed by atoms with Crippen molar-refractivity contribution in [1.29, 1.82) is 0 Å². The molecule has 0 radical (unpaired) electrons. The van der Waals surface area contributed by atoms with E-state index >= 15 is 0 Å². The van der Waals surface area contributed by atoms with Crippen molar-refractivity contribution in [3.63, 3.8) is 0 Å². The molecule has 0 saturated carbocycles. The summed E-state index contributed by atoms with van der Waals surface area (Å²) in [6.07, 6.45) is 0.961. The molecule has 0 aliphatic rings. The van der Waals surface area contributed by atoms with E-state index in [2.05, 4.69) is 66.7 Å². The molecule has 5 nitrogen and oxygen atoms in total. The second-order valence-electron chi connectivity index (χ2n) is 6.47. The highest BCUT2D eigenvalue weighted by atomic mass is 127. The summed E-state index contributed by atoms with van der Waals surface area (Å²) in [5, 5.41) is 10.6. The third kappa shape index (κ3) is 7.05. The Bertz CT molecular complexity index is 674. The molecule has 0 fully saturated rings. The first-order chi connectivity index (χ1) is 11.5. The number of halogens is 1. The van der Waals surface area contributed by atoms with Crippen LogP contribution in [0.15, 0.2) is 33.8 Å². The van der Waals surface area contributed by atoms with Gasteiger partial charge in [0.1, 0.15) is 0 Å². The second kappa shape index (κ2) is 10.4. The van der Waals surface area contributed by atoms with Crippen LogP contribution in [0.1, 0.15) is 47.9 Å². The van der Waals surface area contributed by atoms with Crippen LogP contribution in [0, 0.1) is 13.8 Å². The van der Waals surface area contributed by atoms with Crippen molar-refractivity contribution >= 4 is 29.9 Å². The van der Waals surface area contributed by atoms with Crippen molar-refractivity contribution in [3.8, 4) is 0 Å². The van der Waals surface area contributed by atoms with Gasteiger partial charge in [-0.2, -0.15) is 0 Å². The van der Waals surface area contributed by atoms with E-state index in [1.807, 2.05) is 6.07 Å². The Morgan fingerprint density at radius 3 is 2.36 bits per heavy atom. The highest BCUT2D eigenvalue weighted by Crippen LogP contribution is 2.13. The zero-order chi connectivity index (χ0) is 17.5. The van der Waals surface area contributed by atoms with Crippen molar-refractivity contribution in [1.82, 2.24) is 15.8 Å². The van der Waals surface area contributed by atoms with Gasteiger partial charge in [-0.05, 0) is 31.7 Å². The second-order valence-corrected chi connectivity index (χ2v) is 6.47. The van der Waals surface area contributed by atoms with Gasteiger partial charge in [0.15, 0.2) is 11.7 Å². The summed E-state index contributed by atoms with van der Waals surface area (Å²) in [7, 11) is 1.77. The molecule has 2 N–H and O–H groups in total. The number of nitrogens with zero attached hydrogens (tertiary/aromatic N) is 2. The highest BCUT2D eigenvalue weighted by Gasteiger charge is 2.08. The molecule has 1 aromatic heterocycles. The van der Waals surface area contributed by atoms with Gasteiger partial charge in [-0.3, -0.25) is 4.99 Å². The maximum Gasteiger partial charge on any atom is 0.191 e. The van der Waals surface area contributed by atoms with Gasteiger partial charge in [-0.1, -0.05) is 48.3 Å². The van der Waals surface area contributed by atoms with Crippen LogP contribution in [0.3, 0.4) is 0 Å². The molecule has 6 heteroatoms. The van der Waals surface area contributed by atoms with Gasteiger partial charge in [-0.15, -0.1) is 24.0 Å². The van der Waals surface area contributed by atoms with Crippen LogP contribution in [0.5, 0.6) is 0 Å². The molecule has 0 atom stereocenters. The Hall–Kier alpha value is -1.57. The normalized spacial score (nSPS) is 11.4. The van der Waals surface area contributed by atoms with Crippen molar-refractivity contribution < 1.29 is 4.52 Å². The molecule has 0 spiro atoms. The van der Waals surface area contributed by atoms with Crippen LogP contribution < -0.4 is 10.6 Å². The van der Waals surface area contributed by atoms with Crippen LogP contribution in [-0.4, -0.2) is 24.7 Å². The van der Waals surface area contributed by atoms with E-state index < -0.39 is 0 Å². The summed E-state index contributed by atoms with van der Waals surface area (Å²) in [5.41, 5.74) is 4.93. The lowest BCUT2D eigenvalue weighted by Gasteiger charge is -2.11. The fourth-order valence-electron chi connectivity index (χ4n) is 2.61. The quantitative estimate of drug-likeness (QED) is 0.393. The monoisotopic (exact) mass is 456 g/mol. The third-order valence-electron chi connectivity index (χ3n) is 3.81. The number of nitrogens with one attached hydrogen (secondary N) is 2. The third-order valence-corrected chi connectivity index (χ3v) is 3.81. The Balaban J connectivity index is 0.00000312. The first kappa shape index (κ1) is 21.5. The van der Waals surface area contributed by atoms with Gasteiger partial charge >= 0.3 is 0 Å². The van der Waals surface area contributed by atoms with E-state index in [1.54, 1.807) is 7.05 Å². The average Bonchev–Trinajstić information content (AvgIpc) is 2.99. The minimum Gasteiger partial charge on any atom is -0.359 e. The number of benzene rings is 1. The van der Waals surface area contributed by atoms with Gasteiger partial charge in [0.25, 0.3) is 0 Å². The highest BCUT2D eigenvalue weighted by molar-refractivity contribution is 14.0. The fraction of sp³-hybridized carbons (Fsp3) is 0.474. The lowest BCUT2D eigenvalue weighted by molar-refractivity contribution is 0.372. The van der Waals surface area contributed by atoms with Gasteiger partial charge < -0.3 is 15.2 Å². The molecule has 0 amide bonds. The number of hydrogen-bond donors (Lipinski definition) is 2. The lowest BCUT2D eigenvalue weighted by Crippen LogP contribution is -2.37. The van der Waals surface area contributed by atoms with Crippen molar-refractivity contribution in [3.05, 3.63) is 52.4 Å². The van der Waals surface area contributed by atoms with E-state index in [-0.39, 0.29) is 24.0 Å². The summed E-state index contributed by atoms with van der Waals surface area (Å²) in [5.74, 6) is 1.95. The molecular weight excluding hydrogens is 427 g/mol. The fourth-order valence-corrected chi connectivity index (χ4v) is 2.61. The topological polar surface area (TPSA) is 62.5 Å². The van der Waals surface area contributed by atoms with Gasteiger partial charge in [-0.25, -0.2) is 0 Å². The molecule has 0 bridgehead atoms. The largest absolute Gasteiger partial charge is 0.359 e. The predicted molar refractivity (Wildman–Crippen MR) is 114 cm³/mol. The minimum absolute atomic E-state index is 0. The smallest absolute Gasteiger partial charge is 0.191 e. The molecule has 2 aromatic rings. The molecule has 1 heterocycles. The first-order valence-electron chi connectivity index (χ1n) is 8.45. The van der Waals surface area contributed by atoms with Crippen LogP contribution in [0.4, 0.5) is 0 Å². The Morgan fingerprint density at radius 1 is 1.12 bits per heavy atom. The van der Waals surface area contributed by atoms with Crippen LogP contribution in [-0.2, 0) is 13.0 Å². The summed E-state index contributed by atoms with van der Waals surface area (Å²) in [6.45, 7) is 9.87. The molecule has 0 unspecified atom stereocenters. The molecule has 1 aromatic carbocycles. The van der Waals surface area contributed by atoms with Crippen LogP contribution >= 0.6 is 24.0 Å². The van der Waals surface area contributed by atoms with Gasteiger partial charge in [0.2, 0.25) is 0 Å². The molecule has 2 rings (SSSR count).